The summed E-state index contributed by atoms with van der Waals surface area (Å²) < 4.78 is 15.6. The van der Waals surface area contributed by atoms with Gasteiger partial charge < -0.3 is 10.6 Å². The van der Waals surface area contributed by atoms with Gasteiger partial charge in [-0.1, -0.05) is 29.8 Å². The van der Waals surface area contributed by atoms with Gasteiger partial charge in [-0.25, -0.2) is 9.18 Å². The Labute approximate surface area is 192 Å². The number of hydrogen-bond donors (Lipinski definition) is 2. The highest BCUT2D eigenvalue weighted by Crippen LogP contribution is 2.26. The van der Waals surface area contributed by atoms with Gasteiger partial charge in [0.05, 0.1) is 16.4 Å². The number of rotatable bonds is 4. The molecule has 5 aromatic rings. The lowest BCUT2D eigenvalue weighted by Gasteiger charge is -2.11. The van der Waals surface area contributed by atoms with Crippen LogP contribution in [0.4, 0.5) is 20.6 Å². The summed E-state index contributed by atoms with van der Waals surface area (Å²) in [6.07, 6.45) is 3.35. The molecule has 2 N–H and O–H groups in total. The number of hydrogen-bond acceptors (Lipinski definition) is 5. The van der Waals surface area contributed by atoms with E-state index in [0.29, 0.717) is 22.9 Å². The molecule has 0 saturated carbocycles. The number of fused-ring (bicyclic) bond motifs is 1. The summed E-state index contributed by atoms with van der Waals surface area (Å²) in [5, 5.41) is 18.3. The summed E-state index contributed by atoms with van der Waals surface area (Å²) in [5.74, 6) is -0.0347. The Hall–Kier alpha value is -4.37. The zero-order valence-electron chi connectivity index (χ0n) is 16.9. The zero-order valence-corrected chi connectivity index (χ0v) is 17.7. The van der Waals surface area contributed by atoms with Crippen molar-refractivity contribution in [2.75, 3.05) is 10.6 Å². The molecule has 0 radical (unpaired) electrons. The van der Waals surface area contributed by atoms with Crippen molar-refractivity contribution in [1.82, 2.24) is 24.8 Å². The molecule has 162 valence electrons. The second-order valence-corrected chi connectivity index (χ2v) is 7.41. The molecule has 0 fully saturated rings. The van der Waals surface area contributed by atoms with Gasteiger partial charge in [0.15, 0.2) is 11.5 Å². The predicted octanol–water partition coefficient (Wildman–Crippen LogP) is 5.29. The lowest BCUT2D eigenvalue weighted by molar-refractivity contribution is 0.262. The summed E-state index contributed by atoms with van der Waals surface area (Å²) in [7, 11) is 0. The normalized spacial score (nSPS) is 10.8. The van der Waals surface area contributed by atoms with E-state index in [9.17, 15) is 9.18 Å². The van der Waals surface area contributed by atoms with Crippen molar-refractivity contribution >= 4 is 34.7 Å². The third-order valence-corrected chi connectivity index (χ3v) is 5.13. The maximum absolute atomic E-state index is 13.9. The number of para-hydroxylation sites is 1. The van der Waals surface area contributed by atoms with E-state index in [1.807, 2.05) is 30.3 Å². The van der Waals surface area contributed by atoms with Crippen molar-refractivity contribution in [2.24, 2.45) is 0 Å². The first-order chi connectivity index (χ1) is 16.1. The SMILES string of the molecule is O=C(Nc1cccc(-c2ccc3nnc(-c4ccncc4)n3n2)c1)Nc1c(F)cccc1Cl. The third-order valence-electron chi connectivity index (χ3n) is 4.82. The van der Waals surface area contributed by atoms with Crippen LogP contribution in [-0.4, -0.2) is 30.8 Å². The zero-order chi connectivity index (χ0) is 22.8. The van der Waals surface area contributed by atoms with Crippen LogP contribution in [-0.2, 0) is 0 Å². The molecule has 3 aromatic heterocycles. The van der Waals surface area contributed by atoms with E-state index < -0.39 is 11.8 Å². The summed E-state index contributed by atoms with van der Waals surface area (Å²) >= 11 is 5.97. The number of pyridine rings is 1. The fourth-order valence-corrected chi connectivity index (χ4v) is 3.48. The first-order valence-electron chi connectivity index (χ1n) is 9.84. The molecular weight excluding hydrogens is 445 g/mol. The van der Waals surface area contributed by atoms with Gasteiger partial charge in [0.25, 0.3) is 0 Å². The fourth-order valence-electron chi connectivity index (χ4n) is 3.27. The van der Waals surface area contributed by atoms with Crippen LogP contribution in [0.15, 0.2) is 79.1 Å². The predicted molar refractivity (Wildman–Crippen MR) is 124 cm³/mol. The van der Waals surface area contributed by atoms with Crippen LogP contribution >= 0.6 is 11.6 Å². The van der Waals surface area contributed by atoms with Gasteiger partial charge in [-0.05, 0) is 48.5 Å². The number of anilines is 2. The molecule has 10 heteroatoms. The summed E-state index contributed by atoms with van der Waals surface area (Å²) in [6, 6.07) is 18.0. The lowest BCUT2D eigenvalue weighted by Crippen LogP contribution is -2.20. The van der Waals surface area contributed by atoms with Gasteiger partial charge in [0.2, 0.25) is 0 Å². The first-order valence-corrected chi connectivity index (χ1v) is 10.2. The van der Waals surface area contributed by atoms with Crippen LogP contribution in [0.5, 0.6) is 0 Å². The molecule has 0 unspecified atom stereocenters. The topological polar surface area (TPSA) is 97.1 Å². The molecule has 33 heavy (non-hydrogen) atoms. The highest BCUT2D eigenvalue weighted by Gasteiger charge is 2.13. The highest BCUT2D eigenvalue weighted by molar-refractivity contribution is 6.33. The van der Waals surface area contributed by atoms with E-state index in [2.05, 4.69) is 30.9 Å². The van der Waals surface area contributed by atoms with E-state index in [1.54, 1.807) is 35.1 Å². The molecule has 0 atom stereocenters. The molecule has 2 aromatic carbocycles. The second-order valence-electron chi connectivity index (χ2n) is 7.00. The number of carbonyl (C=O) groups excluding carboxylic acids is 1. The summed E-state index contributed by atoms with van der Waals surface area (Å²) in [5.41, 5.74) is 3.25. The lowest BCUT2D eigenvalue weighted by atomic mass is 10.1. The number of amides is 2. The van der Waals surface area contributed by atoms with Crippen LogP contribution in [0.2, 0.25) is 5.02 Å². The minimum absolute atomic E-state index is 0.0869. The van der Waals surface area contributed by atoms with Crippen molar-refractivity contribution in [2.45, 2.75) is 0 Å². The molecule has 0 aliphatic rings. The smallest absolute Gasteiger partial charge is 0.308 e. The minimum Gasteiger partial charge on any atom is -0.308 e. The molecular formula is C23H15ClFN7O. The van der Waals surface area contributed by atoms with Crippen LogP contribution in [0.1, 0.15) is 0 Å². The molecule has 0 aliphatic heterocycles. The van der Waals surface area contributed by atoms with Gasteiger partial charge >= 0.3 is 6.03 Å². The van der Waals surface area contributed by atoms with Gasteiger partial charge in [-0.2, -0.15) is 9.61 Å². The van der Waals surface area contributed by atoms with Crippen LogP contribution in [0.25, 0.3) is 28.3 Å². The van der Waals surface area contributed by atoms with E-state index >= 15 is 0 Å². The van der Waals surface area contributed by atoms with Crippen molar-refractivity contribution in [3.8, 4) is 22.6 Å². The molecule has 0 bridgehead atoms. The van der Waals surface area contributed by atoms with Crippen LogP contribution in [0, 0.1) is 5.82 Å². The largest absolute Gasteiger partial charge is 0.323 e. The molecule has 0 saturated heterocycles. The Kier molecular flexibility index (Phi) is 5.37. The number of halogens is 2. The van der Waals surface area contributed by atoms with Crippen molar-refractivity contribution in [1.29, 1.82) is 0 Å². The van der Waals surface area contributed by atoms with Crippen LogP contribution in [0.3, 0.4) is 0 Å². The Balaban J connectivity index is 1.41. The molecule has 3 heterocycles. The van der Waals surface area contributed by atoms with Crippen LogP contribution < -0.4 is 10.6 Å². The van der Waals surface area contributed by atoms with E-state index in [4.69, 9.17) is 11.6 Å². The minimum atomic E-state index is -0.624. The van der Waals surface area contributed by atoms with E-state index in [0.717, 1.165) is 11.1 Å². The number of nitrogens with one attached hydrogen (secondary N) is 2. The van der Waals surface area contributed by atoms with Crippen molar-refractivity contribution < 1.29 is 9.18 Å². The third kappa shape index (κ3) is 4.21. The average molecular weight is 460 g/mol. The first kappa shape index (κ1) is 20.5. The van der Waals surface area contributed by atoms with Gasteiger partial charge in [0.1, 0.15) is 5.82 Å². The van der Waals surface area contributed by atoms with E-state index in [-0.39, 0.29) is 10.7 Å². The fraction of sp³-hybridized carbons (Fsp3) is 0. The summed E-state index contributed by atoms with van der Waals surface area (Å²) in [4.78, 5) is 16.4. The standard InChI is InChI=1S/C23H15ClFN7O/c24-17-5-2-6-18(25)21(17)28-23(33)27-16-4-1-3-15(13-16)19-7-8-20-29-30-22(32(20)31-19)14-9-11-26-12-10-14/h1-13H,(H2,27,28,33). The van der Waals surface area contributed by atoms with Crippen molar-refractivity contribution in [3.05, 3.63) is 90.0 Å². The Morgan fingerprint density at radius 1 is 0.909 bits per heavy atom. The maximum atomic E-state index is 13.9. The Morgan fingerprint density at radius 2 is 1.73 bits per heavy atom. The second kappa shape index (κ2) is 8.64. The molecule has 5 rings (SSSR count). The Morgan fingerprint density at radius 3 is 2.55 bits per heavy atom. The van der Waals surface area contributed by atoms with E-state index in [1.165, 1.54) is 18.2 Å². The van der Waals surface area contributed by atoms with Gasteiger partial charge in [0, 0.05) is 29.2 Å². The maximum Gasteiger partial charge on any atom is 0.323 e. The molecule has 0 spiro atoms. The summed E-state index contributed by atoms with van der Waals surface area (Å²) in [6.45, 7) is 0. The molecule has 8 nitrogen and oxygen atoms in total. The molecule has 2 amide bonds. The Bertz CT molecular complexity index is 1450. The quantitative estimate of drug-likeness (QED) is 0.380. The number of nitrogens with zero attached hydrogens (tertiary/aromatic N) is 5. The number of aromatic nitrogens is 5. The average Bonchev–Trinajstić information content (AvgIpc) is 3.26. The molecule has 0 aliphatic carbocycles. The van der Waals surface area contributed by atoms with Crippen molar-refractivity contribution in [3.63, 3.8) is 0 Å². The van der Waals surface area contributed by atoms with Gasteiger partial charge in [-0.3, -0.25) is 4.98 Å². The number of urea groups is 1. The highest BCUT2D eigenvalue weighted by atomic mass is 35.5. The van der Waals surface area contributed by atoms with Gasteiger partial charge in [-0.15, -0.1) is 10.2 Å². The number of carbonyl (C=O) groups is 1. The monoisotopic (exact) mass is 459 g/mol. The number of benzene rings is 2.